The van der Waals surface area contributed by atoms with Gasteiger partial charge in [0.1, 0.15) is 8.07 Å². The molecule has 0 aliphatic heterocycles. The van der Waals surface area contributed by atoms with E-state index in [9.17, 15) is 12.9 Å². The van der Waals surface area contributed by atoms with Gasteiger partial charge in [0.25, 0.3) is 0 Å². The van der Waals surface area contributed by atoms with Gasteiger partial charge in [-0.2, -0.15) is 0 Å². The van der Waals surface area contributed by atoms with Crippen molar-refractivity contribution in [2.45, 2.75) is 26.0 Å². The van der Waals surface area contributed by atoms with E-state index in [1.807, 2.05) is 28.7 Å². The van der Waals surface area contributed by atoms with E-state index in [0.717, 1.165) is 3.57 Å². The maximum atomic E-state index is 12.4. The van der Waals surface area contributed by atoms with Crippen LogP contribution in [0.5, 0.6) is 0 Å². The second-order valence-corrected chi connectivity index (χ2v) is 11.3. The van der Waals surface area contributed by atoms with Gasteiger partial charge in [-0.05, 0) is 40.8 Å². The second-order valence-electron chi connectivity index (χ2n) is 5.26. The van der Waals surface area contributed by atoms with Gasteiger partial charge in [0, 0.05) is 9.13 Å². The average molecular weight is 420 g/mol. The zero-order valence-corrected chi connectivity index (χ0v) is 17.8. The molecule has 0 spiro atoms. The Hall–Kier alpha value is 1.22. The van der Waals surface area contributed by atoms with Crippen LogP contribution in [0.15, 0.2) is 18.2 Å². The zero-order chi connectivity index (χ0) is 14.0. The summed E-state index contributed by atoms with van der Waals surface area (Å²) in [6.45, 7) is 1.52. The number of hydrogen-bond donors (Lipinski definition) is 0. The van der Waals surface area contributed by atoms with Gasteiger partial charge in [0.15, 0.2) is 0 Å². The largest absolute Gasteiger partial charge is 1.00 e. The normalized spacial score (nSPS) is 11.3. The Balaban J connectivity index is 0.00000324. The maximum absolute atomic E-state index is 12.4. The summed E-state index contributed by atoms with van der Waals surface area (Å²) in [4.78, 5) is 0. The number of benzene rings is 1. The molecule has 0 aliphatic rings. The molecule has 0 aromatic heterocycles. The molecule has 0 amide bonds. The Labute approximate surface area is 169 Å². The Morgan fingerprint density at radius 1 is 1.16 bits per heavy atom. The molecule has 0 bridgehead atoms. The predicted molar refractivity (Wildman–Crippen MR) is 82.2 cm³/mol. The molecule has 0 aliphatic carbocycles. The number of rotatable bonds is 2. The summed E-state index contributed by atoms with van der Waals surface area (Å²) in [6, 6.07) is 4.93. The van der Waals surface area contributed by atoms with E-state index in [0.29, 0.717) is 11.1 Å². The molecular weight excluding hydrogens is 406 g/mol. The Morgan fingerprint density at radius 2 is 1.74 bits per heavy atom. The molecule has 0 radical (unpaired) electrons. The van der Waals surface area contributed by atoms with Gasteiger partial charge < -0.3 is 12.9 Å². The third-order valence-electron chi connectivity index (χ3n) is 2.01. The van der Waals surface area contributed by atoms with Gasteiger partial charge in [0.05, 0.1) is 0 Å². The minimum atomic E-state index is -4.79. The Morgan fingerprint density at radius 3 is 2.21 bits per heavy atom. The third kappa shape index (κ3) is 9.71. The smallest absolute Gasteiger partial charge is 0.449 e. The molecule has 1 aromatic rings. The van der Waals surface area contributed by atoms with E-state index in [4.69, 9.17) is 0 Å². The number of halogens is 4. The topological polar surface area (TPSA) is 0 Å². The van der Waals surface area contributed by atoms with Crippen molar-refractivity contribution in [2.24, 2.45) is 0 Å². The summed E-state index contributed by atoms with van der Waals surface area (Å²) in [5.74, 6) is 3.00. The van der Waals surface area contributed by atoms with Crippen molar-refractivity contribution in [2.75, 3.05) is 0 Å². The van der Waals surface area contributed by atoms with E-state index in [-0.39, 0.29) is 51.4 Å². The van der Waals surface area contributed by atoms with Crippen molar-refractivity contribution in [3.8, 4) is 11.5 Å². The fraction of sp³-hybridized carbons (Fsp3) is 0.333. The summed E-state index contributed by atoms with van der Waals surface area (Å²) in [5, 5.41) is 0. The van der Waals surface area contributed by atoms with E-state index < -0.39 is 21.4 Å². The predicted octanol–water partition coefficient (Wildman–Crippen LogP) is 1.45. The van der Waals surface area contributed by atoms with Crippen molar-refractivity contribution in [3.63, 3.8) is 0 Å². The van der Waals surface area contributed by atoms with Crippen molar-refractivity contribution >= 4 is 37.6 Å². The Bertz CT molecular complexity index is 500. The van der Waals surface area contributed by atoms with Gasteiger partial charge >= 0.3 is 58.4 Å². The van der Waals surface area contributed by atoms with Crippen LogP contribution in [0.1, 0.15) is 11.1 Å². The van der Waals surface area contributed by atoms with Crippen LogP contribution in [-0.4, -0.2) is 15.1 Å². The van der Waals surface area contributed by atoms with Crippen LogP contribution in [0.25, 0.3) is 0 Å². The minimum Gasteiger partial charge on any atom is -0.449 e. The molecule has 0 unspecified atom stereocenters. The van der Waals surface area contributed by atoms with Gasteiger partial charge in [0.2, 0.25) is 0 Å². The second kappa shape index (κ2) is 8.01. The molecule has 0 heterocycles. The SMILES string of the molecule is C[Si](C)(C)C#Cc1cc(I)cc(C[B-](F)(F)F)c1.[K+]. The van der Waals surface area contributed by atoms with Gasteiger partial charge in [-0.15, -0.1) is 5.54 Å². The first-order valence-electron chi connectivity index (χ1n) is 5.59. The summed E-state index contributed by atoms with van der Waals surface area (Å²) in [6.07, 6.45) is -0.835. The van der Waals surface area contributed by atoms with Crippen LogP contribution in [0.3, 0.4) is 0 Å². The molecule has 0 N–H and O–H groups in total. The van der Waals surface area contributed by atoms with Gasteiger partial charge in [-0.3, -0.25) is 0 Å². The van der Waals surface area contributed by atoms with Gasteiger partial charge in [-0.1, -0.05) is 37.4 Å². The maximum Gasteiger partial charge on any atom is 1.00 e. The summed E-state index contributed by atoms with van der Waals surface area (Å²) >= 11 is 2.03. The molecule has 0 saturated heterocycles. The van der Waals surface area contributed by atoms with Crippen LogP contribution in [-0.2, 0) is 6.32 Å². The first-order chi connectivity index (χ1) is 8.05. The number of hydrogen-bond acceptors (Lipinski definition) is 0. The molecule has 0 atom stereocenters. The van der Waals surface area contributed by atoms with Crippen LogP contribution in [0.4, 0.5) is 12.9 Å². The van der Waals surface area contributed by atoms with Crippen molar-refractivity contribution < 1.29 is 64.3 Å². The monoisotopic (exact) mass is 420 g/mol. The van der Waals surface area contributed by atoms with E-state index >= 15 is 0 Å². The van der Waals surface area contributed by atoms with Crippen LogP contribution < -0.4 is 51.4 Å². The van der Waals surface area contributed by atoms with Crippen molar-refractivity contribution in [1.82, 2.24) is 0 Å². The molecule has 0 fully saturated rings. The molecular formula is C12H14BF3IKSi. The summed E-state index contributed by atoms with van der Waals surface area (Å²) < 4.78 is 38.0. The molecule has 0 nitrogen and oxygen atoms in total. The molecule has 0 saturated carbocycles. The molecule has 7 heteroatoms. The summed E-state index contributed by atoms with van der Waals surface area (Å²) in [5.41, 5.74) is 4.15. The fourth-order valence-electron chi connectivity index (χ4n) is 1.37. The van der Waals surface area contributed by atoms with Crippen molar-refractivity contribution in [1.29, 1.82) is 0 Å². The fourth-order valence-corrected chi connectivity index (χ4v) is 2.62. The third-order valence-corrected chi connectivity index (χ3v) is 3.50. The van der Waals surface area contributed by atoms with E-state index in [2.05, 4.69) is 31.1 Å². The van der Waals surface area contributed by atoms with Gasteiger partial charge in [-0.25, -0.2) is 0 Å². The van der Waals surface area contributed by atoms with Crippen LogP contribution in [0, 0.1) is 15.0 Å². The van der Waals surface area contributed by atoms with Crippen molar-refractivity contribution in [3.05, 3.63) is 32.9 Å². The average Bonchev–Trinajstić information content (AvgIpc) is 2.09. The molecule has 1 aromatic carbocycles. The quantitative estimate of drug-likeness (QED) is 0.386. The molecule has 19 heavy (non-hydrogen) atoms. The van der Waals surface area contributed by atoms with E-state index in [1.54, 1.807) is 12.1 Å². The molecule has 1 rings (SSSR count). The standard InChI is InChI=1S/C12H14BF3ISi.K/c1-18(2,3)5-4-10-6-11(8-12(17)7-10)9-13(14,15)16;/h6-8H,9H2,1-3H3;/q-1;+1. The van der Waals surface area contributed by atoms with Crippen LogP contribution >= 0.6 is 22.6 Å². The van der Waals surface area contributed by atoms with Crippen LogP contribution in [0.2, 0.25) is 19.6 Å². The first-order valence-corrected chi connectivity index (χ1v) is 10.2. The molecule has 98 valence electrons. The Kier molecular flexibility index (Phi) is 8.52. The zero-order valence-electron chi connectivity index (χ0n) is 11.5. The van der Waals surface area contributed by atoms with E-state index in [1.165, 1.54) is 0 Å². The minimum absolute atomic E-state index is 0. The summed E-state index contributed by atoms with van der Waals surface area (Å²) in [7, 11) is -1.50. The first kappa shape index (κ1) is 20.2.